The van der Waals surface area contributed by atoms with Crippen LogP contribution in [0.5, 0.6) is 0 Å². The molecule has 1 aliphatic carbocycles. The van der Waals surface area contributed by atoms with Crippen molar-refractivity contribution in [3.63, 3.8) is 0 Å². The zero-order valence-electron chi connectivity index (χ0n) is 7.05. The number of carbonyl (C=O) groups excluding carboxylic acids is 1. The molecule has 12 heavy (non-hydrogen) atoms. The van der Waals surface area contributed by atoms with E-state index in [1.165, 1.54) is 0 Å². The highest BCUT2D eigenvalue weighted by Crippen LogP contribution is 2.37. The van der Waals surface area contributed by atoms with E-state index in [-0.39, 0.29) is 17.2 Å². The summed E-state index contributed by atoms with van der Waals surface area (Å²) in [7, 11) is 0. The van der Waals surface area contributed by atoms with Crippen molar-refractivity contribution < 1.29 is 4.79 Å². The average Bonchev–Trinajstić information content (AvgIpc) is 2.07. The lowest BCUT2D eigenvalue weighted by atomic mass is 9.75. The van der Waals surface area contributed by atoms with E-state index in [0.717, 1.165) is 32.2 Å². The maximum atomic E-state index is 11.4. The van der Waals surface area contributed by atoms with E-state index in [2.05, 4.69) is 5.32 Å². The molecule has 2 rings (SSSR count). The van der Waals surface area contributed by atoms with Gasteiger partial charge in [0, 0.05) is 17.8 Å². The van der Waals surface area contributed by atoms with Crippen molar-refractivity contribution in [1.82, 2.24) is 5.32 Å². The van der Waals surface area contributed by atoms with E-state index in [4.69, 9.17) is 11.6 Å². The van der Waals surface area contributed by atoms with Crippen molar-refractivity contribution in [1.29, 1.82) is 0 Å². The molecule has 68 valence electrons. The molecule has 3 heteroatoms. The highest BCUT2D eigenvalue weighted by molar-refractivity contribution is 6.21. The van der Waals surface area contributed by atoms with Crippen LogP contribution in [0.1, 0.15) is 25.7 Å². The molecule has 0 spiro atoms. The Kier molecular flexibility index (Phi) is 2.26. The van der Waals surface area contributed by atoms with Crippen LogP contribution in [0.15, 0.2) is 0 Å². The van der Waals surface area contributed by atoms with Crippen LogP contribution in [0.2, 0.25) is 0 Å². The summed E-state index contributed by atoms with van der Waals surface area (Å²) in [4.78, 5) is 11.4. The lowest BCUT2D eigenvalue weighted by molar-refractivity contribution is -0.129. The summed E-state index contributed by atoms with van der Waals surface area (Å²) in [6.07, 6.45) is 4.32. The van der Waals surface area contributed by atoms with Crippen molar-refractivity contribution in [3.05, 3.63) is 0 Å². The van der Waals surface area contributed by atoms with Gasteiger partial charge in [-0.2, -0.15) is 0 Å². The highest BCUT2D eigenvalue weighted by atomic mass is 35.5. The molecule has 3 atom stereocenters. The first-order valence-corrected chi connectivity index (χ1v) is 5.14. The number of piperidine rings is 1. The van der Waals surface area contributed by atoms with Crippen molar-refractivity contribution in [3.8, 4) is 0 Å². The van der Waals surface area contributed by atoms with Gasteiger partial charge in [0.05, 0.1) is 0 Å². The number of hydrogen-bond donors (Lipinski definition) is 1. The number of halogens is 1. The Hall–Kier alpha value is -0.240. The Balaban J connectivity index is 2.10. The molecule has 1 heterocycles. The fourth-order valence-electron chi connectivity index (χ4n) is 2.41. The molecule has 0 aromatic carbocycles. The van der Waals surface area contributed by atoms with Gasteiger partial charge in [-0.05, 0) is 25.2 Å². The summed E-state index contributed by atoms with van der Waals surface area (Å²) in [5.41, 5.74) is 0. The molecule has 1 saturated carbocycles. The molecule has 0 aromatic rings. The molecule has 1 amide bonds. The number of fused-ring (bicyclic) bond motifs is 1. The maximum absolute atomic E-state index is 11.4. The second kappa shape index (κ2) is 3.25. The number of carbonyl (C=O) groups is 1. The van der Waals surface area contributed by atoms with Crippen LogP contribution in [0, 0.1) is 11.8 Å². The predicted molar refractivity (Wildman–Crippen MR) is 48.1 cm³/mol. The van der Waals surface area contributed by atoms with E-state index in [0.29, 0.717) is 5.92 Å². The largest absolute Gasteiger partial charge is 0.356 e. The van der Waals surface area contributed by atoms with Gasteiger partial charge in [0.1, 0.15) is 0 Å². The third-order valence-corrected chi connectivity index (χ3v) is 3.63. The molecular formula is C9H14ClNO. The molecular weight excluding hydrogens is 174 g/mol. The molecule has 1 aliphatic heterocycles. The average molecular weight is 188 g/mol. The second-order valence-corrected chi connectivity index (χ2v) is 4.36. The number of nitrogens with one attached hydrogen (secondary N) is 1. The minimum absolute atomic E-state index is 0.218. The lowest BCUT2D eigenvalue weighted by Crippen LogP contribution is -2.46. The van der Waals surface area contributed by atoms with E-state index >= 15 is 0 Å². The maximum Gasteiger partial charge on any atom is 0.223 e. The minimum atomic E-state index is 0.218. The van der Waals surface area contributed by atoms with Gasteiger partial charge in [-0.1, -0.05) is 6.42 Å². The van der Waals surface area contributed by atoms with Crippen molar-refractivity contribution >= 4 is 17.5 Å². The highest BCUT2D eigenvalue weighted by Gasteiger charge is 2.38. The normalized spacial score (nSPS) is 41.8. The number of hydrogen-bond acceptors (Lipinski definition) is 1. The van der Waals surface area contributed by atoms with E-state index < -0.39 is 0 Å². The van der Waals surface area contributed by atoms with Crippen molar-refractivity contribution in [2.45, 2.75) is 31.1 Å². The summed E-state index contributed by atoms with van der Waals surface area (Å²) < 4.78 is 0. The van der Waals surface area contributed by atoms with Gasteiger partial charge in [-0.15, -0.1) is 11.6 Å². The number of amides is 1. The Bertz CT molecular complexity index is 195. The predicted octanol–water partition coefficient (Wildman–Crippen LogP) is 1.53. The minimum Gasteiger partial charge on any atom is -0.356 e. The number of rotatable bonds is 0. The Morgan fingerprint density at radius 3 is 2.92 bits per heavy atom. The molecule has 1 N–H and O–H groups in total. The third kappa shape index (κ3) is 1.33. The first-order chi connectivity index (χ1) is 5.79. The second-order valence-electron chi connectivity index (χ2n) is 3.80. The first-order valence-electron chi connectivity index (χ1n) is 4.71. The van der Waals surface area contributed by atoms with Crippen LogP contribution < -0.4 is 5.32 Å². The smallest absolute Gasteiger partial charge is 0.223 e. The number of alkyl halides is 1. The quantitative estimate of drug-likeness (QED) is 0.573. The first kappa shape index (κ1) is 8.36. The fraction of sp³-hybridized carbons (Fsp3) is 0.889. The van der Waals surface area contributed by atoms with Gasteiger partial charge in [-0.3, -0.25) is 4.79 Å². The van der Waals surface area contributed by atoms with Gasteiger partial charge in [0.25, 0.3) is 0 Å². The van der Waals surface area contributed by atoms with Crippen LogP contribution in [-0.2, 0) is 4.79 Å². The molecule has 3 unspecified atom stereocenters. The van der Waals surface area contributed by atoms with E-state index in [1.807, 2.05) is 0 Å². The van der Waals surface area contributed by atoms with E-state index in [1.54, 1.807) is 0 Å². The van der Waals surface area contributed by atoms with Gasteiger partial charge in [0.2, 0.25) is 5.91 Å². The SMILES string of the molecule is O=C1NCCC2C(Cl)CCCC12. The Morgan fingerprint density at radius 1 is 1.33 bits per heavy atom. The monoisotopic (exact) mass is 187 g/mol. The van der Waals surface area contributed by atoms with Gasteiger partial charge >= 0.3 is 0 Å². The molecule has 2 nitrogen and oxygen atoms in total. The topological polar surface area (TPSA) is 29.1 Å². The molecule has 2 fully saturated rings. The van der Waals surface area contributed by atoms with Crippen LogP contribution >= 0.6 is 11.6 Å². The summed E-state index contributed by atoms with van der Waals surface area (Å²) >= 11 is 6.18. The molecule has 0 bridgehead atoms. The Morgan fingerprint density at radius 2 is 2.17 bits per heavy atom. The van der Waals surface area contributed by atoms with Gasteiger partial charge in [-0.25, -0.2) is 0 Å². The zero-order chi connectivity index (χ0) is 8.55. The van der Waals surface area contributed by atoms with Crippen LogP contribution in [0.3, 0.4) is 0 Å². The standard InChI is InChI=1S/C9H14ClNO/c10-8-3-1-2-7-6(8)4-5-11-9(7)12/h6-8H,1-5H2,(H,11,12). The molecule has 0 radical (unpaired) electrons. The Labute approximate surface area is 77.7 Å². The summed E-state index contributed by atoms with van der Waals surface area (Å²) in [5.74, 6) is 0.903. The fourth-order valence-corrected chi connectivity index (χ4v) is 2.87. The van der Waals surface area contributed by atoms with Crippen molar-refractivity contribution in [2.24, 2.45) is 11.8 Å². The molecule has 1 saturated heterocycles. The van der Waals surface area contributed by atoms with Crippen molar-refractivity contribution in [2.75, 3.05) is 6.54 Å². The summed E-state index contributed by atoms with van der Waals surface area (Å²) in [5, 5.41) is 3.15. The van der Waals surface area contributed by atoms with Gasteiger partial charge < -0.3 is 5.32 Å². The summed E-state index contributed by atoms with van der Waals surface area (Å²) in [6.45, 7) is 0.823. The van der Waals surface area contributed by atoms with Gasteiger partial charge in [0.15, 0.2) is 0 Å². The zero-order valence-corrected chi connectivity index (χ0v) is 7.81. The third-order valence-electron chi connectivity index (χ3n) is 3.09. The van der Waals surface area contributed by atoms with Crippen LogP contribution in [-0.4, -0.2) is 17.8 Å². The summed E-state index contributed by atoms with van der Waals surface area (Å²) in [6, 6.07) is 0. The molecule has 0 aromatic heterocycles. The van der Waals surface area contributed by atoms with Crippen LogP contribution in [0.4, 0.5) is 0 Å². The van der Waals surface area contributed by atoms with E-state index in [9.17, 15) is 4.79 Å². The molecule has 2 aliphatic rings. The van der Waals surface area contributed by atoms with Crippen LogP contribution in [0.25, 0.3) is 0 Å². The lowest BCUT2D eigenvalue weighted by Gasteiger charge is -2.37.